The van der Waals surface area contributed by atoms with Crippen molar-refractivity contribution < 1.29 is 9.53 Å². The molecule has 1 heterocycles. The van der Waals surface area contributed by atoms with Gasteiger partial charge >= 0.3 is 0 Å². The zero-order valence-electron chi connectivity index (χ0n) is 14.6. The van der Waals surface area contributed by atoms with E-state index in [2.05, 4.69) is 10.3 Å². The molecule has 3 aromatic rings. The van der Waals surface area contributed by atoms with E-state index in [-0.39, 0.29) is 12.3 Å². The number of ether oxygens (including phenoxy) is 1. The minimum absolute atomic E-state index is 0.112. The van der Waals surface area contributed by atoms with Crippen LogP contribution in [0.1, 0.15) is 18.2 Å². The number of hydrogen-bond donors (Lipinski definition) is 1. The Balaban J connectivity index is 1.66. The molecule has 2 aromatic carbocycles. The number of carbonyl (C=O) groups excluding carboxylic acids is 1. The van der Waals surface area contributed by atoms with Gasteiger partial charge in [-0.25, -0.2) is 4.98 Å². The summed E-state index contributed by atoms with van der Waals surface area (Å²) in [4.78, 5) is 16.9. The SMILES string of the molecule is CCOc1ccc(-c2nc(CC(=O)Nc3cc(Cl)ccc3C)cs2)cc1. The highest BCUT2D eigenvalue weighted by Crippen LogP contribution is 2.26. The number of anilines is 1. The molecule has 1 amide bonds. The Bertz CT molecular complexity index is 906. The first-order valence-corrected chi connectivity index (χ1v) is 9.54. The third-order valence-electron chi connectivity index (χ3n) is 3.78. The van der Waals surface area contributed by atoms with Gasteiger partial charge in [-0.2, -0.15) is 0 Å². The van der Waals surface area contributed by atoms with E-state index in [0.717, 1.165) is 33.3 Å². The second-order valence-corrected chi connectivity index (χ2v) is 7.08. The Morgan fingerprint density at radius 2 is 2.00 bits per heavy atom. The van der Waals surface area contributed by atoms with E-state index < -0.39 is 0 Å². The maximum atomic E-state index is 12.3. The third-order valence-corrected chi connectivity index (χ3v) is 4.95. The van der Waals surface area contributed by atoms with Crippen LogP contribution in [0, 0.1) is 6.92 Å². The largest absolute Gasteiger partial charge is 0.494 e. The summed E-state index contributed by atoms with van der Waals surface area (Å²) in [7, 11) is 0. The first-order chi connectivity index (χ1) is 12.5. The molecule has 0 spiro atoms. The molecule has 26 heavy (non-hydrogen) atoms. The lowest BCUT2D eigenvalue weighted by atomic mass is 10.2. The number of amides is 1. The van der Waals surface area contributed by atoms with Gasteiger partial charge in [0.15, 0.2) is 0 Å². The maximum absolute atomic E-state index is 12.3. The second kappa shape index (κ2) is 8.34. The Labute approximate surface area is 161 Å². The van der Waals surface area contributed by atoms with Crippen LogP contribution in [0.15, 0.2) is 47.8 Å². The van der Waals surface area contributed by atoms with E-state index in [1.54, 1.807) is 12.1 Å². The minimum Gasteiger partial charge on any atom is -0.494 e. The minimum atomic E-state index is -0.112. The fourth-order valence-electron chi connectivity index (χ4n) is 2.47. The van der Waals surface area contributed by atoms with Gasteiger partial charge in [-0.1, -0.05) is 17.7 Å². The van der Waals surface area contributed by atoms with Gasteiger partial charge in [-0.05, 0) is 55.8 Å². The number of aromatic nitrogens is 1. The highest BCUT2D eigenvalue weighted by Gasteiger charge is 2.11. The van der Waals surface area contributed by atoms with E-state index >= 15 is 0 Å². The second-order valence-electron chi connectivity index (χ2n) is 5.79. The molecule has 0 radical (unpaired) electrons. The molecular weight excluding hydrogens is 368 g/mol. The van der Waals surface area contributed by atoms with E-state index in [9.17, 15) is 4.79 Å². The van der Waals surface area contributed by atoms with Gasteiger partial charge in [-0.15, -0.1) is 11.3 Å². The van der Waals surface area contributed by atoms with Crippen LogP contribution >= 0.6 is 22.9 Å². The van der Waals surface area contributed by atoms with Gasteiger partial charge in [-0.3, -0.25) is 4.79 Å². The van der Waals surface area contributed by atoms with Gasteiger partial charge in [0.05, 0.1) is 18.7 Å². The zero-order valence-corrected chi connectivity index (χ0v) is 16.2. The molecule has 0 aliphatic carbocycles. The van der Waals surface area contributed by atoms with E-state index in [1.807, 2.05) is 49.6 Å². The normalized spacial score (nSPS) is 10.6. The van der Waals surface area contributed by atoms with Crippen molar-refractivity contribution in [3.05, 3.63) is 64.1 Å². The monoisotopic (exact) mass is 386 g/mol. The molecule has 0 fully saturated rings. The number of aryl methyl sites for hydroxylation is 1. The van der Waals surface area contributed by atoms with Crippen molar-refractivity contribution in [2.75, 3.05) is 11.9 Å². The van der Waals surface area contributed by atoms with Crippen molar-refractivity contribution in [1.29, 1.82) is 0 Å². The molecule has 0 aliphatic heterocycles. The van der Waals surface area contributed by atoms with Gasteiger partial charge in [0.1, 0.15) is 10.8 Å². The van der Waals surface area contributed by atoms with E-state index in [1.165, 1.54) is 11.3 Å². The summed E-state index contributed by atoms with van der Waals surface area (Å²) < 4.78 is 5.45. The summed E-state index contributed by atoms with van der Waals surface area (Å²) in [6.45, 7) is 4.53. The number of hydrogen-bond acceptors (Lipinski definition) is 4. The summed E-state index contributed by atoms with van der Waals surface area (Å²) in [6, 6.07) is 13.2. The Kier molecular flexibility index (Phi) is 5.91. The third kappa shape index (κ3) is 4.62. The van der Waals surface area contributed by atoms with Gasteiger partial charge < -0.3 is 10.1 Å². The Morgan fingerprint density at radius 1 is 1.23 bits per heavy atom. The summed E-state index contributed by atoms with van der Waals surface area (Å²) in [5.41, 5.74) is 3.45. The van der Waals surface area contributed by atoms with Crippen molar-refractivity contribution in [1.82, 2.24) is 4.98 Å². The fraction of sp³-hybridized carbons (Fsp3) is 0.200. The summed E-state index contributed by atoms with van der Waals surface area (Å²) in [5.74, 6) is 0.725. The number of nitrogens with zero attached hydrogens (tertiary/aromatic N) is 1. The summed E-state index contributed by atoms with van der Waals surface area (Å²) in [6.07, 6.45) is 0.222. The standard InChI is InChI=1S/C20H19ClN2O2S/c1-3-25-17-8-5-14(6-9-17)20-22-16(12-26-20)11-19(24)23-18-10-15(21)7-4-13(18)2/h4-10,12H,3,11H2,1-2H3,(H,23,24). The van der Waals surface area contributed by atoms with Crippen LogP contribution < -0.4 is 10.1 Å². The number of carbonyl (C=O) groups is 1. The molecule has 0 aliphatic rings. The lowest BCUT2D eigenvalue weighted by Gasteiger charge is -2.08. The molecule has 0 unspecified atom stereocenters. The molecule has 1 N–H and O–H groups in total. The fourth-order valence-corrected chi connectivity index (χ4v) is 3.47. The lowest BCUT2D eigenvalue weighted by molar-refractivity contribution is -0.115. The Morgan fingerprint density at radius 3 is 2.73 bits per heavy atom. The van der Waals surface area contributed by atoms with Gasteiger partial charge in [0.2, 0.25) is 5.91 Å². The molecule has 4 nitrogen and oxygen atoms in total. The molecule has 6 heteroatoms. The predicted octanol–water partition coefficient (Wildman–Crippen LogP) is 5.35. The van der Waals surface area contributed by atoms with Crippen molar-refractivity contribution in [2.24, 2.45) is 0 Å². The molecule has 0 saturated heterocycles. The van der Waals surface area contributed by atoms with Crippen LogP contribution in [-0.2, 0) is 11.2 Å². The molecule has 3 rings (SSSR count). The average Bonchev–Trinajstić information content (AvgIpc) is 3.07. The van der Waals surface area contributed by atoms with Gasteiger partial charge in [0, 0.05) is 21.7 Å². The van der Waals surface area contributed by atoms with Crippen LogP contribution in [0.3, 0.4) is 0 Å². The highest BCUT2D eigenvalue weighted by atomic mass is 35.5. The van der Waals surface area contributed by atoms with E-state index in [4.69, 9.17) is 16.3 Å². The molecule has 0 bridgehead atoms. The van der Waals surface area contributed by atoms with Gasteiger partial charge in [0.25, 0.3) is 0 Å². The number of rotatable bonds is 6. The van der Waals surface area contributed by atoms with Crippen LogP contribution in [0.25, 0.3) is 10.6 Å². The highest BCUT2D eigenvalue weighted by molar-refractivity contribution is 7.13. The van der Waals surface area contributed by atoms with Crippen LogP contribution in [0.2, 0.25) is 5.02 Å². The molecule has 1 aromatic heterocycles. The maximum Gasteiger partial charge on any atom is 0.230 e. The number of halogens is 1. The molecule has 134 valence electrons. The topological polar surface area (TPSA) is 51.2 Å². The van der Waals surface area contributed by atoms with Crippen LogP contribution in [-0.4, -0.2) is 17.5 Å². The smallest absolute Gasteiger partial charge is 0.230 e. The van der Waals surface area contributed by atoms with Crippen LogP contribution in [0.4, 0.5) is 5.69 Å². The molecule has 0 atom stereocenters. The average molecular weight is 387 g/mol. The van der Waals surface area contributed by atoms with Crippen LogP contribution in [0.5, 0.6) is 5.75 Å². The van der Waals surface area contributed by atoms with Crippen molar-refractivity contribution in [3.63, 3.8) is 0 Å². The molecular formula is C20H19ClN2O2S. The Hall–Kier alpha value is -2.37. The van der Waals surface area contributed by atoms with E-state index in [0.29, 0.717) is 11.6 Å². The number of nitrogens with one attached hydrogen (secondary N) is 1. The quantitative estimate of drug-likeness (QED) is 0.621. The lowest BCUT2D eigenvalue weighted by Crippen LogP contribution is -2.15. The summed E-state index contributed by atoms with van der Waals surface area (Å²) in [5, 5.41) is 6.29. The summed E-state index contributed by atoms with van der Waals surface area (Å²) >= 11 is 7.51. The number of thiazole rings is 1. The zero-order chi connectivity index (χ0) is 18.5. The predicted molar refractivity (Wildman–Crippen MR) is 107 cm³/mol. The first kappa shape index (κ1) is 18.4. The first-order valence-electron chi connectivity index (χ1n) is 8.29. The molecule has 0 saturated carbocycles. The van der Waals surface area contributed by atoms with Crippen molar-refractivity contribution >= 4 is 34.5 Å². The van der Waals surface area contributed by atoms with Crippen molar-refractivity contribution in [3.8, 4) is 16.3 Å². The van der Waals surface area contributed by atoms with Crippen molar-refractivity contribution in [2.45, 2.75) is 20.3 Å². The number of benzene rings is 2.